The van der Waals surface area contributed by atoms with E-state index in [4.69, 9.17) is 0 Å². The average Bonchev–Trinajstić information content (AvgIpc) is 2.41. The van der Waals surface area contributed by atoms with Crippen molar-refractivity contribution < 1.29 is 4.39 Å². The second kappa shape index (κ2) is 6.44. The molecular formula is C14H17BrFN5. The minimum Gasteiger partial charge on any atom is -0.321 e. The third-order valence-electron chi connectivity index (χ3n) is 2.65. The molecule has 0 aliphatic rings. The van der Waals surface area contributed by atoms with Crippen LogP contribution in [0.15, 0.2) is 29.3 Å². The number of aromatic nitrogens is 3. The molecule has 0 radical (unpaired) electrons. The molecule has 0 saturated carbocycles. The molecule has 0 aromatic carbocycles. The fraction of sp³-hybridized carbons (Fsp3) is 0.357. The lowest BCUT2D eigenvalue weighted by molar-refractivity contribution is 0.418. The maximum absolute atomic E-state index is 14.4. The summed E-state index contributed by atoms with van der Waals surface area (Å²) >= 11 is 3.20. The van der Waals surface area contributed by atoms with Crippen LogP contribution < -0.4 is 10.6 Å². The Bertz CT molecular complexity index is 610. The quantitative estimate of drug-likeness (QED) is 0.881. The highest BCUT2D eigenvalue weighted by atomic mass is 79.9. The summed E-state index contributed by atoms with van der Waals surface area (Å²) in [4.78, 5) is 12.1. The Morgan fingerprint density at radius 1 is 1.19 bits per heavy atom. The van der Waals surface area contributed by atoms with Crippen molar-refractivity contribution in [1.29, 1.82) is 0 Å². The summed E-state index contributed by atoms with van der Waals surface area (Å²) in [6.07, 6.45) is 4.61. The van der Waals surface area contributed by atoms with Crippen LogP contribution in [0.4, 0.5) is 16.0 Å². The van der Waals surface area contributed by atoms with E-state index < -0.39 is 0 Å². The molecule has 0 unspecified atom stereocenters. The van der Waals surface area contributed by atoms with Crippen molar-refractivity contribution in [3.63, 3.8) is 0 Å². The van der Waals surface area contributed by atoms with Crippen molar-refractivity contribution in [3.05, 3.63) is 40.6 Å². The van der Waals surface area contributed by atoms with E-state index in [0.29, 0.717) is 22.5 Å². The van der Waals surface area contributed by atoms with Crippen LogP contribution in [0, 0.1) is 5.82 Å². The highest BCUT2D eigenvalue weighted by Crippen LogP contribution is 2.19. The predicted octanol–water partition coefficient (Wildman–Crippen LogP) is 3.40. The minimum absolute atomic E-state index is 0.0829. The number of anilines is 2. The molecule has 2 N–H and O–H groups in total. The maximum Gasteiger partial charge on any atom is 0.170 e. The Kier molecular flexibility index (Phi) is 4.84. The third-order valence-corrected chi connectivity index (χ3v) is 3.05. The van der Waals surface area contributed by atoms with Gasteiger partial charge in [-0.2, -0.15) is 0 Å². The molecule has 2 rings (SSSR count). The van der Waals surface area contributed by atoms with Crippen LogP contribution in [0.3, 0.4) is 0 Å². The molecular weight excluding hydrogens is 337 g/mol. The van der Waals surface area contributed by atoms with Gasteiger partial charge in [0.25, 0.3) is 0 Å². The molecule has 0 spiro atoms. The standard InChI is InChI=1S/C14H17BrFN5/c1-14(2,3)20-6-9-4-5-17-13(12(9)16)21-11-8-18-10(15)7-19-11/h4-5,7-8,20H,6H2,1-3H3,(H,17,19,21). The highest BCUT2D eigenvalue weighted by molar-refractivity contribution is 9.10. The fourth-order valence-corrected chi connectivity index (χ4v) is 1.77. The van der Waals surface area contributed by atoms with Gasteiger partial charge in [0.1, 0.15) is 10.4 Å². The molecule has 5 nitrogen and oxygen atoms in total. The number of rotatable bonds is 4. The number of halogens is 2. The Morgan fingerprint density at radius 3 is 2.57 bits per heavy atom. The summed E-state index contributed by atoms with van der Waals surface area (Å²) < 4.78 is 15.0. The number of pyridine rings is 1. The van der Waals surface area contributed by atoms with E-state index in [2.05, 4.69) is 41.5 Å². The second-order valence-corrected chi connectivity index (χ2v) is 6.40. The maximum atomic E-state index is 14.4. The monoisotopic (exact) mass is 353 g/mol. The van der Waals surface area contributed by atoms with Gasteiger partial charge in [-0.3, -0.25) is 0 Å². The summed E-state index contributed by atoms with van der Waals surface area (Å²) in [5.41, 5.74) is 0.466. The molecule has 7 heteroatoms. The largest absolute Gasteiger partial charge is 0.321 e. The van der Waals surface area contributed by atoms with Crippen LogP contribution in [0.25, 0.3) is 0 Å². The molecule has 0 amide bonds. The minimum atomic E-state index is -0.390. The summed E-state index contributed by atoms with van der Waals surface area (Å²) in [5.74, 6) is 0.185. The number of nitrogens with one attached hydrogen (secondary N) is 2. The first-order valence-corrected chi connectivity index (χ1v) is 7.27. The van der Waals surface area contributed by atoms with Gasteiger partial charge < -0.3 is 10.6 Å². The van der Waals surface area contributed by atoms with Gasteiger partial charge in [0.05, 0.1) is 12.4 Å². The zero-order valence-corrected chi connectivity index (χ0v) is 13.7. The fourth-order valence-electron chi connectivity index (χ4n) is 1.57. The molecule has 0 bridgehead atoms. The molecule has 2 aromatic rings. The second-order valence-electron chi connectivity index (χ2n) is 5.59. The van der Waals surface area contributed by atoms with Gasteiger partial charge in [0.2, 0.25) is 0 Å². The van der Waals surface area contributed by atoms with Gasteiger partial charge in [0, 0.05) is 23.8 Å². The average molecular weight is 354 g/mol. The van der Waals surface area contributed by atoms with Gasteiger partial charge in [-0.25, -0.2) is 19.3 Å². The van der Waals surface area contributed by atoms with Crippen LogP contribution in [-0.2, 0) is 6.54 Å². The van der Waals surface area contributed by atoms with Crippen molar-refractivity contribution in [2.24, 2.45) is 0 Å². The first-order chi connectivity index (χ1) is 9.85. The van der Waals surface area contributed by atoms with Gasteiger partial charge in [0.15, 0.2) is 11.6 Å². The number of nitrogens with zero attached hydrogens (tertiary/aromatic N) is 3. The van der Waals surface area contributed by atoms with E-state index in [1.165, 1.54) is 12.4 Å². The summed E-state index contributed by atoms with van der Waals surface area (Å²) in [6, 6.07) is 1.66. The van der Waals surface area contributed by atoms with E-state index in [9.17, 15) is 4.39 Å². The molecule has 0 fully saturated rings. The highest BCUT2D eigenvalue weighted by Gasteiger charge is 2.14. The SMILES string of the molecule is CC(C)(C)NCc1ccnc(Nc2cnc(Br)cn2)c1F. The van der Waals surface area contributed by atoms with Gasteiger partial charge in [-0.05, 0) is 42.8 Å². The van der Waals surface area contributed by atoms with Crippen molar-refractivity contribution in [2.45, 2.75) is 32.9 Å². The van der Waals surface area contributed by atoms with E-state index >= 15 is 0 Å². The Morgan fingerprint density at radius 2 is 1.95 bits per heavy atom. The lowest BCUT2D eigenvalue weighted by Crippen LogP contribution is -2.35. The van der Waals surface area contributed by atoms with Gasteiger partial charge >= 0.3 is 0 Å². The lowest BCUT2D eigenvalue weighted by atomic mass is 10.1. The van der Waals surface area contributed by atoms with E-state index in [-0.39, 0.29) is 17.2 Å². The first-order valence-electron chi connectivity index (χ1n) is 6.48. The van der Waals surface area contributed by atoms with Crippen LogP contribution in [0.1, 0.15) is 26.3 Å². The molecule has 112 valence electrons. The van der Waals surface area contributed by atoms with Crippen LogP contribution >= 0.6 is 15.9 Å². The molecule has 0 aliphatic heterocycles. The molecule has 2 aromatic heterocycles. The molecule has 21 heavy (non-hydrogen) atoms. The predicted molar refractivity (Wildman–Crippen MR) is 83.8 cm³/mol. The van der Waals surface area contributed by atoms with Gasteiger partial charge in [-0.15, -0.1) is 0 Å². The Hall–Kier alpha value is -1.60. The van der Waals surface area contributed by atoms with Crippen LogP contribution in [-0.4, -0.2) is 20.5 Å². The third kappa shape index (κ3) is 4.71. The molecule has 0 saturated heterocycles. The van der Waals surface area contributed by atoms with E-state index in [1.807, 2.05) is 20.8 Å². The Labute approximate surface area is 131 Å². The summed E-state index contributed by atoms with van der Waals surface area (Å²) in [7, 11) is 0. The summed E-state index contributed by atoms with van der Waals surface area (Å²) in [5, 5.41) is 6.08. The molecule has 0 aliphatic carbocycles. The molecule has 2 heterocycles. The smallest absolute Gasteiger partial charge is 0.170 e. The zero-order valence-electron chi connectivity index (χ0n) is 12.1. The van der Waals surface area contributed by atoms with Crippen molar-refractivity contribution >= 4 is 27.6 Å². The van der Waals surface area contributed by atoms with Gasteiger partial charge in [-0.1, -0.05) is 0 Å². The Balaban J connectivity index is 2.15. The van der Waals surface area contributed by atoms with Crippen molar-refractivity contribution in [2.75, 3.05) is 5.32 Å². The van der Waals surface area contributed by atoms with Crippen molar-refractivity contribution in [3.8, 4) is 0 Å². The zero-order chi connectivity index (χ0) is 15.5. The first kappa shape index (κ1) is 15.8. The van der Waals surface area contributed by atoms with Crippen LogP contribution in [0.5, 0.6) is 0 Å². The van der Waals surface area contributed by atoms with Crippen molar-refractivity contribution in [1.82, 2.24) is 20.3 Å². The van der Waals surface area contributed by atoms with E-state index in [0.717, 1.165) is 0 Å². The number of hydrogen-bond donors (Lipinski definition) is 2. The number of hydrogen-bond acceptors (Lipinski definition) is 5. The normalized spacial score (nSPS) is 11.5. The topological polar surface area (TPSA) is 62.7 Å². The lowest BCUT2D eigenvalue weighted by Gasteiger charge is -2.21. The van der Waals surface area contributed by atoms with E-state index in [1.54, 1.807) is 12.3 Å². The summed E-state index contributed by atoms with van der Waals surface area (Å²) in [6.45, 7) is 6.52. The molecule has 0 atom stereocenters. The van der Waals surface area contributed by atoms with Crippen LogP contribution in [0.2, 0.25) is 0 Å².